The number of halogens is 8. The Morgan fingerprint density at radius 1 is 1.04 bits per heavy atom. The second-order valence-corrected chi connectivity index (χ2v) is 5.44. The predicted molar refractivity (Wildman–Crippen MR) is 79.7 cm³/mol. The molecule has 159 valence electrons. The van der Waals surface area contributed by atoms with Crippen LogP contribution in [0.25, 0.3) is 5.57 Å². The van der Waals surface area contributed by atoms with Crippen molar-refractivity contribution in [1.82, 2.24) is 4.98 Å². The fraction of sp³-hybridized carbons (Fsp3) is 0.375. The maximum absolute atomic E-state index is 13.5. The Kier molecular flexibility index (Phi) is 8.13. The number of aromatic nitrogens is 1. The van der Waals surface area contributed by atoms with Crippen molar-refractivity contribution in [3.63, 3.8) is 0 Å². The molecule has 0 saturated heterocycles. The molecular weight excluding hydrogens is 582 g/mol. The van der Waals surface area contributed by atoms with Gasteiger partial charge in [-0.25, -0.2) is 8.78 Å². The summed E-state index contributed by atoms with van der Waals surface area (Å²) >= 11 is 0. The van der Waals surface area contributed by atoms with Crippen LogP contribution in [0.1, 0.15) is 19.5 Å². The van der Waals surface area contributed by atoms with Gasteiger partial charge < -0.3 is 10.1 Å². The van der Waals surface area contributed by atoms with Crippen LogP contribution in [-0.2, 0) is 20.1 Å². The van der Waals surface area contributed by atoms with E-state index in [1.165, 1.54) is 26.0 Å². The summed E-state index contributed by atoms with van der Waals surface area (Å²) in [5, 5.41) is 8.40. The molecule has 0 aliphatic heterocycles. The number of aliphatic hydroxyl groups excluding tert-OH is 1. The van der Waals surface area contributed by atoms with Crippen molar-refractivity contribution in [2.75, 3.05) is 0 Å². The number of alkyl halides is 8. The fourth-order valence-corrected chi connectivity index (χ4v) is 1.90. The molecule has 2 rings (SSSR count). The number of carbonyl (C=O) groups excluding carboxylic acids is 1. The van der Waals surface area contributed by atoms with Gasteiger partial charge in [0.25, 0.3) is 5.92 Å². The molecule has 3 nitrogen and oxygen atoms in total. The average Bonchev–Trinajstić information content (AvgIpc) is 2.51. The number of ketones is 1. The van der Waals surface area contributed by atoms with Gasteiger partial charge in [0.15, 0.2) is 0 Å². The molecule has 0 saturated carbocycles. The van der Waals surface area contributed by atoms with Gasteiger partial charge in [-0.2, -0.15) is 32.4 Å². The van der Waals surface area contributed by atoms with Gasteiger partial charge in [-0.1, -0.05) is 11.8 Å². The molecule has 1 heterocycles. The molecule has 1 aliphatic rings. The normalized spacial score (nSPS) is 21.4. The Hall–Kier alpha value is -1.81. The summed E-state index contributed by atoms with van der Waals surface area (Å²) in [5.41, 5.74) is -3.04. The van der Waals surface area contributed by atoms with E-state index < -0.39 is 35.0 Å². The molecule has 1 aliphatic carbocycles. The number of aliphatic hydroxyl groups is 1. The monoisotopic (exact) mass is 596 g/mol. The molecule has 0 unspecified atom stereocenters. The first-order valence-corrected chi connectivity index (χ1v) is 7.06. The molecule has 1 radical (unpaired) electrons. The molecule has 0 bridgehead atoms. The zero-order valence-corrected chi connectivity index (χ0v) is 16.5. The fourth-order valence-electron chi connectivity index (χ4n) is 1.90. The molecule has 0 atom stereocenters. The van der Waals surface area contributed by atoms with Gasteiger partial charge in [0, 0.05) is 26.3 Å². The van der Waals surface area contributed by atoms with Gasteiger partial charge in [-0.15, -0.1) is 11.6 Å². The summed E-state index contributed by atoms with van der Waals surface area (Å²) in [5.74, 6) is -23.4. The van der Waals surface area contributed by atoms with Crippen molar-refractivity contribution in [1.29, 1.82) is 0 Å². The van der Waals surface area contributed by atoms with Crippen molar-refractivity contribution in [3.8, 4) is 0 Å². The zero-order valence-electron chi connectivity index (χ0n) is 14.1. The van der Waals surface area contributed by atoms with Crippen molar-refractivity contribution in [2.24, 2.45) is 0 Å². The average molecular weight is 595 g/mol. The second kappa shape index (κ2) is 8.69. The van der Waals surface area contributed by atoms with Gasteiger partial charge in [0.05, 0.1) is 18.8 Å². The summed E-state index contributed by atoms with van der Waals surface area (Å²) in [6, 6.07) is 2.97. The first kappa shape index (κ1) is 26.2. The predicted octanol–water partition coefficient (Wildman–Crippen LogP) is 4.83. The maximum atomic E-state index is 13.5. The van der Waals surface area contributed by atoms with Crippen molar-refractivity contribution in [3.05, 3.63) is 48.0 Å². The Morgan fingerprint density at radius 2 is 1.57 bits per heavy atom. The molecular formula is C16H13F8IrNO2. The van der Waals surface area contributed by atoms with Gasteiger partial charge in [0.1, 0.15) is 0 Å². The van der Waals surface area contributed by atoms with Gasteiger partial charge in [-0.3, -0.25) is 4.79 Å². The Bertz CT molecular complexity index is 759. The van der Waals surface area contributed by atoms with E-state index in [0.717, 1.165) is 12.3 Å². The van der Waals surface area contributed by atoms with E-state index in [-0.39, 0.29) is 31.6 Å². The van der Waals surface area contributed by atoms with E-state index in [1.54, 1.807) is 0 Å². The van der Waals surface area contributed by atoms with Gasteiger partial charge in [-0.05, 0) is 13.0 Å². The minimum atomic E-state index is -6.28. The van der Waals surface area contributed by atoms with Crippen LogP contribution < -0.4 is 0 Å². The van der Waals surface area contributed by atoms with E-state index in [2.05, 4.69) is 4.98 Å². The molecule has 28 heavy (non-hydrogen) atoms. The van der Waals surface area contributed by atoms with Crippen LogP contribution >= 0.6 is 0 Å². The maximum Gasteiger partial charge on any atom is 0.378 e. The summed E-state index contributed by atoms with van der Waals surface area (Å²) in [6.45, 7) is 3.00. The first-order chi connectivity index (χ1) is 12.1. The van der Waals surface area contributed by atoms with E-state index >= 15 is 0 Å². The van der Waals surface area contributed by atoms with Crippen LogP contribution in [0.15, 0.2) is 36.2 Å². The van der Waals surface area contributed by atoms with E-state index in [1.807, 2.05) is 0 Å². The summed E-state index contributed by atoms with van der Waals surface area (Å²) in [6.07, 6.45) is 2.63. The Balaban J connectivity index is 0.000000786. The molecule has 12 heteroatoms. The van der Waals surface area contributed by atoms with Crippen molar-refractivity contribution < 1.29 is 65.1 Å². The smallest absolute Gasteiger partial charge is 0.378 e. The Morgan fingerprint density at radius 3 is 1.93 bits per heavy atom. The number of allylic oxidation sites excluding steroid dienone is 4. The van der Waals surface area contributed by atoms with Crippen LogP contribution in [0.5, 0.6) is 0 Å². The summed E-state index contributed by atoms with van der Waals surface area (Å²) < 4.78 is 105. The number of nitrogens with zero attached hydrogens (tertiary/aromatic N) is 1. The number of pyridine rings is 1. The zero-order chi connectivity index (χ0) is 21.3. The summed E-state index contributed by atoms with van der Waals surface area (Å²) in [4.78, 5) is 11.6. The third-order valence-corrected chi connectivity index (χ3v) is 3.12. The minimum absolute atomic E-state index is 0. The van der Waals surface area contributed by atoms with Gasteiger partial charge >= 0.3 is 23.6 Å². The molecule has 0 spiro atoms. The molecule has 0 aromatic carbocycles. The van der Waals surface area contributed by atoms with Crippen LogP contribution in [-0.4, -0.2) is 44.4 Å². The van der Waals surface area contributed by atoms with E-state index in [4.69, 9.17) is 9.90 Å². The van der Waals surface area contributed by atoms with Crippen molar-refractivity contribution in [2.45, 2.75) is 37.5 Å². The number of rotatable bonds is 2. The quantitative estimate of drug-likeness (QED) is 0.175. The third kappa shape index (κ3) is 4.78. The van der Waals surface area contributed by atoms with Crippen LogP contribution in [0, 0.1) is 6.08 Å². The van der Waals surface area contributed by atoms with Gasteiger partial charge in [0.2, 0.25) is 0 Å². The van der Waals surface area contributed by atoms with Crippen molar-refractivity contribution >= 4 is 11.4 Å². The molecule has 2 N–H and O–H groups in total. The molecule has 1 aromatic heterocycles. The van der Waals surface area contributed by atoms with Crippen LogP contribution in [0.2, 0.25) is 0 Å². The first-order valence-electron chi connectivity index (χ1n) is 7.06. The second-order valence-electron chi connectivity index (χ2n) is 5.44. The largest absolute Gasteiger partial charge is 0.512 e. The minimum Gasteiger partial charge on any atom is -0.512 e. The molecule has 0 fully saturated rings. The standard InChI is InChI=1S/C11H4F8N.C5H8O2.Ir/c12-8(13)5-6(7-3-1-2-4-20-7)9(14,15)11(18,19)10(8,16)17;1-4(6)3-5(2)7;/h1-4H;3,6H,1-2H3;/q-1;;/p+1/b;4-3-;. The summed E-state index contributed by atoms with van der Waals surface area (Å²) in [7, 11) is 0. The third-order valence-electron chi connectivity index (χ3n) is 3.12. The molecule has 0 amide bonds. The number of hydrogen-bond acceptors (Lipinski definition) is 2. The molecule has 1 aromatic rings. The number of hydrogen-bond donors (Lipinski definition) is 1. The van der Waals surface area contributed by atoms with E-state index in [0.29, 0.717) is 12.1 Å². The Labute approximate surface area is 167 Å². The van der Waals surface area contributed by atoms with E-state index in [9.17, 15) is 35.1 Å². The van der Waals surface area contributed by atoms with Crippen LogP contribution in [0.4, 0.5) is 35.1 Å². The SMILES string of the molecule is CC(=[OH+])/C=C(/C)O.FC1(F)[C-]=C(c2ccccn2)C(F)(F)C(F)(F)C1(F)F.[Ir]. The topological polar surface area (TPSA) is 54.5 Å². The van der Waals surface area contributed by atoms with Crippen LogP contribution in [0.3, 0.4) is 0 Å².